The van der Waals surface area contributed by atoms with Crippen molar-refractivity contribution in [3.05, 3.63) is 65.9 Å². The van der Waals surface area contributed by atoms with Crippen LogP contribution in [0.1, 0.15) is 24.3 Å². The monoisotopic (exact) mass is 320 g/mol. The zero-order chi connectivity index (χ0) is 16.5. The summed E-state index contributed by atoms with van der Waals surface area (Å²) in [6.45, 7) is 3.22. The van der Waals surface area contributed by atoms with Crippen molar-refractivity contribution in [1.82, 2.24) is 5.32 Å². The van der Waals surface area contributed by atoms with Gasteiger partial charge in [0.2, 0.25) is 5.91 Å². The summed E-state index contributed by atoms with van der Waals surface area (Å²) in [7, 11) is 0. The minimum atomic E-state index is -0.150. The Hall–Kier alpha value is -2.75. The van der Waals surface area contributed by atoms with Crippen LogP contribution in [-0.2, 0) is 11.2 Å². The molecule has 0 saturated carbocycles. The van der Waals surface area contributed by atoms with Crippen molar-refractivity contribution in [2.24, 2.45) is 0 Å². The van der Waals surface area contributed by atoms with Crippen molar-refractivity contribution in [2.45, 2.75) is 19.4 Å². The molecule has 1 aliphatic heterocycles. The van der Waals surface area contributed by atoms with Crippen LogP contribution in [0, 0.1) is 0 Å². The van der Waals surface area contributed by atoms with Gasteiger partial charge in [-0.3, -0.25) is 4.79 Å². The van der Waals surface area contributed by atoms with E-state index < -0.39 is 0 Å². The van der Waals surface area contributed by atoms with Gasteiger partial charge in [-0.15, -0.1) is 0 Å². The van der Waals surface area contributed by atoms with Crippen LogP contribution in [0.3, 0.4) is 0 Å². The second-order valence-corrected chi connectivity index (χ2v) is 6.28. The Morgan fingerprint density at radius 3 is 2.88 bits per heavy atom. The molecule has 2 aromatic carbocycles. The van der Waals surface area contributed by atoms with Crippen LogP contribution in [0.5, 0.6) is 0 Å². The maximum absolute atomic E-state index is 12.4. The molecule has 0 spiro atoms. The molecule has 1 aromatic heterocycles. The summed E-state index contributed by atoms with van der Waals surface area (Å²) in [5.74, 6) is 0.797. The summed E-state index contributed by atoms with van der Waals surface area (Å²) in [5.41, 5.74) is 3.33. The number of para-hydroxylation sites is 2. The van der Waals surface area contributed by atoms with E-state index in [9.17, 15) is 4.79 Å². The van der Waals surface area contributed by atoms with Gasteiger partial charge in [-0.2, -0.15) is 0 Å². The first-order valence-electron chi connectivity index (χ1n) is 8.31. The lowest BCUT2D eigenvalue weighted by Crippen LogP contribution is -2.37. The van der Waals surface area contributed by atoms with Crippen molar-refractivity contribution in [3.63, 3.8) is 0 Å². The third kappa shape index (κ3) is 2.75. The molecule has 0 saturated heterocycles. The molecule has 4 rings (SSSR count). The Morgan fingerprint density at radius 1 is 1.21 bits per heavy atom. The summed E-state index contributed by atoms with van der Waals surface area (Å²) >= 11 is 0. The predicted octanol–water partition coefficient (Wildman–Crippen LogP) is 3.67. The van der Waals surface area contributed by atoms with Crippen molar-refractivity contribution in [2.75, 3.05) is 18.0 Å². The standard InChI is InChI=1S/C20H20N2O2/c1-14(19-12-16-7-3-5-9-18(16)24-19)21-20(23)13-22-11-10-15-6-2-4-8-17(15)22/h2-9,12,14H,10-11,13H2,1H3,(H,21,23)/t14-/m1/s1. The molecular weight excluding hydrogens is 300 g/mol. The van der Waals surface area contributed by atoms with E-state index in [2.05, 4.69) is 22.3 Å². The Bertz CT molecular complexity index is 851. The van der Waals surface area contributed by atoms with E-state index in [-0.39, 0.29) is 11.9 Å². The Kier molecular flexibility index (Phi) is 3.73. The second kappa shape index (κ2) is 6.04. The summed E-state index contributed by atoms with van der Waals surface area (Å²) in [4.78, 5) is 14.5. The number of rotatable bonds is 4. The molecule has 0 bridgehead atoms. The number of nitrogens with one attached hydrogen (secondary N) is 1. The SMILES string of the molecule is C[C@@H](NC(=O)CN1CCc2ccccc21)c1cc2ccccc2o1. The molecule has 0 aliphatic carbocycles. The molecule has 4 heteroatoms. The maximum atomic E-state index is 12.4. The third-order valence-corrected chi connectivity index (χ3v) is 4.57. The second-order valence-electron chi connectivity index (χ2n) is 6.28. The number of fused-ring (bicyclic) bond motifs is 2. The smallest absolute Gasteiger partial charge is 0.240 e. The number of carbonyl (C=O) groups is 1. The lowest BCUT2D eigenvalue weighted by atomic mass is 10.2. The average molecular weight is 320 g/mol. The maximum Gasteiger partial charge on any atom is 0.240 e. The quantitative estimate of drug-likeness (QED) is 0.798. The number of anilines is 1. The van der Waals surface area contributed by atoms with E-state index in [4.69, 9.17) is 4.42 Å². The van der Waals surface area contributed by atoms with Crippen LogP contribution in [0.2, 0.25) is 0 Å². The zero-order valence-corrected chi connectivity index (χ0v) is 13.7. The Balaban J connectivity index is 1.42. The molecule has 122 valence electrons. The molecule has 0 radical (unpaired) electrons. The molecule has 1 atom stereocenters. The highest BCUT2D eigenvalue weighted by Crippen LogP contribution is 2.27. The van der Waals surface area contributed by atoms with Gasteiger partial charge >= 0.3 is 0 Å². The number of hydrogen-bond acceptors (Lipinski definition) is 3. The van der Waals surface area contributed by atoms with Gasteiger partial charge < -0.3 is 14.6 Å². The van der Waals surface area contributed by atoms with Crippen LogP contribution in [0.25, 0.3) is 11.0 Å². The highest BCUT2D eigenvalue weighted by molar-refractivity contribution is 5.83. The van der Waals surface area contributed by atoms with Gasteiger partial charge in [0.05, 0.1) is 12.6 Å². The molecule has 1 aliphatic rings. The van der Waals surface area contributed by atoms with Crippen LogP contribution in [0.15, 0.2) is 59.0 Å². The molecular formula is C20H20N2O2. The summed E-state index contributed by atoms with van der Waals surface area (Å²) < 4.78 is 5.83. The van der Waals surface area contributed by atoms with Crippen LogP contribution in [-0.4, -0.2) is 19.0 Å². The summed E-state index contributed by atoms with van der Waals surface area (Å²) in [5, 5.41) is 4.10. The minimum absolute atomic E-state index is 0.0136. The van der Waals surface area contributed by atoms with Crippen molar-refractivity contribution >= 4 is 22.6 Å². The van der Waals surface area contributed by atoms with Gasteiger partial charge in [0.25, 0.3) is 0 Å². The lowest BCUT2D eigenvalue weighted by molar-refractivity contribution is -0.120. The number of nitrogens with zero attached hydrogens (tertiary/aromatic N) is 1. The van der Waals surface area contributed by atoms with E-state index in [1.165, 1.54) is 11.3 Å². The first-order chi connectivity index (χ1) is 11.7. The molecule has 0 fully saturated rings. The lowest BCUT2D eigenvalue weighted by Gasteiger charge is -2.20. The van der Waals surface area contributed by atoms with Crippen molar-refractivity contribution < 1.29 is 9.21 Å². The largest absolute Gasteiger partial charge is 0.459 e. The highest BCUT2D eigenvalue weighted by Gasteiger charge is 2.22. The average Bonchev–Trinajstić information content (AvgIpc) is 3.19. The molecule has 0 unspecified atom stereocenters. The molecule has 4 nitrogen and oxygen atoms in total. The molecule has 24 heavy (non-hydrogen) atoms. The number of carbonyl (C=O) groups excluding carboxylic acids is 1. The number of amides is 1. The van der Waals surface area contributed by atoms with E-state index in [1.54, 1.807) is 0 Å². The van der Waals surface area contributed by atoms with Gasteiger partial charge in [-0.05, 0) is 37.1 Å². The predicted molar refractivity (Wildman–Crippen MR) is 95.1 cm³/mol. The number of furan rings is 1. The van der Waals surface area contributed by atoms with E-state index in [0.717, 1.165) is 29.7 Å². The Morgan fingerprint density at radius 2 is 2.00 bits per heavy atom. The van der Waals surface area contributed by atoms with Gasteiger partial charge in [0.1, 0.15) is 11.3 Å². The fraction of sp³-hybridized carbons (Fsp3) is 0.250. The first kappa shape index (κ1) is 14.8. The van der Waals surface area contributed by atoms with E-state index in [1.807, 2.05) is 49.4 Å². The van der Waals surface area contributed by atoms with Crippen molar-refractivity contribution in [3.8, 4) is 0 Å². The Labute approximate surface area is 141 Å². The fourth-order valence-electron chi connectivity index (χ4n) is 3.32. The van der Waals surface area contributed by atoms with Crippen molar-refractivity contribution in [1.29, 1.82) is 0 Å². The summed E-state index contributed by atoms with van der Waals surface area (Å²) in [6.07, 6.45) is 1.00. The topological polar surface area (TPSA) is 45.5 Å². The zero-order valence-electron chi connectivity index (χ0n) is 13.7. The van der Waals surface area contributed by atoms with Gasteiger partial charge in [-0.25, -0.2) is 0 Å². The van der Waals surface area contributed by atoms with Gasteiger partial charge in [0.15, 0.2) is 0 Å². The highest BCUT2D eigenvalue weighted by atomic mass is 16.3. The van der Waals surface area contributed by atoms with Crippen LogP contribution < -0.4 is 10.2 Å². The van der Waals surface area contributed by atoms with Gasteiger partial charge in [-0.1, -0.05) is 36.4 Å². The van der Waals surface area contributed by atoms with E-state index >= 15 is 0 Å². The normalized spacial score (nSPS) is 14.6. The molecule has 3 aromatic rings. The fourth-order valence-corrected chi connectivity index (χ4v) is 3.32. The number of hydrogen-bond donors (Lipinski definition) is 1. The first-order valence-corrected chi connectivity index (χ1v) is 8.31. The molecule has 2 heterocycles. The summed E-state index contributed by atoms with van der Waals surface area (Å²) in [6, 6.07) is 18.0. The molecule has 1 N–H and O–H groups in total. The van der Waals surface area contributed by atoms with Crippen LogP contribution >= 0.6 is 0 Å². The third-order valence-electron chi connectivity index (χ3n) is 4.57. The molecule has 1 amide bonds. The van der Waals surface area contributed by atoms with E-state index in [0.29, 0.717) is 6.54 Å². The minimum Gasteiger partial charge on any atom is -0.459 e. The number of benzene rings is 2. The van der Waals surface area contributed by atoms with Gasteiger partial charge in [0, 0.05) is 17.6 Å². The van der Waals surface area contributed by atoms with Crippen LogP contribution in [0.4, 0.5) is 5.69 Å².